The first-order valence-corrected chi connectivity index (χ1v) is 5.89. The number of rotatable bonds is 5. The summed E-state index contributed by atoms with van der Waals surface area (Å²) in [4.78, 5) is 8.21. The molecule has 2 aromatic rings. The van der Waals surface area contributed by atoms with Crippen LogP contribution in [-0.2, 0) is 6.42 Å². The van der Waals surface area contributed by atoms with Gasteiger partial charge < -0.3 is 10.1 Å². The second-order valence-electron chi connectivity index (χ2n) is 4.02. The van der Waals surface area contributed by atoms with Gasteiger partial charge in [-0.3, -0.25) is 9.97 Å². The highest BCUT2D eigenvalue weighted by atomic mass is 16.5. The predicted molar refractivity (Wildman–Crippen MR) is 70.5 cm³/mol. The Labute approximate surface area is 107 Å². The van der Waals surface area contributed by atoms with Gasteiger partial charge in [-0.15, -0.1) is 0 Å². The lowest BCUT2D eigenvalue weighted by molar-refractivity contribution is 0.399. The lowest BCUT2D eigenvalue weighted by atomic mass is 10.0. The molecule has 1 unspecified atom stereocenters. The maximum absolute atomic E-state index is 5.35. The van der Waals surface area contributed by atoms with Crippen molar-refractivity contribution in [3.8, 4) is 5.75 Å². The summed E-state index contributed by atoms with van der Waals surface area (Å²) in [5.41, 5.74) is 2.30. The van der Waals surface area contributed by atoms with Gasteiger partial charge in [-0.2, -0.15) is 0 Å². The molecule has 0 aliphatic carbocycles. The second kappa shape index (κ2) is 6.12. The van der Waals surface area contributed by atoms with E-state index in [1.807, 2.05) is 25.4 Å². The molecule has 0 aromatic carbocycles. The molecule has 94 valence electrons. The third-order valence-electron chi connectivity index (χ3n) is 2.92. The van der Waals surface area contributed by atoms with Crippen molar-refractivity contribution in [2.24, 2.45) is 0 Å². The van der Waals surface area contributed by atoms with Crippen LogP contribution in [0.15, 0.2) is 43.0 Å². The molecular formula is C14H17N3O. The Bertz CT molecular complexity index is 487. The van der Waals surface area contributed by atoms with Crippen LogP contribution in [0.4, 0.5) is 0 Å². The molecule has 0 saturated heterocycles. The van der Waals surface area contributed by atoms with Crippen molar-refractivity contribution >= 4 is 0 Å². The molecule has 2 rings (SSSR count). The van der Waals surface area contributed by atoms with Crippen LogP contribution in [0.2, 0.25) is 0 Å². The van der Waals surface area contributed by atoms with Gasteiger partial charge in [0.1, 0.15) is 5.75 Å². The molecule has 4 heteroatoms. The summed E-state index contributed by atoms with van der Waals surface area (Å²) >= 11 is 0. The van der Waals surface area contributed by atoms with Gasteiger partial charge in [-0.1, -0.05) is 6.07 Å². The van der Waals surface area contributed by atoms with Crippen LogP contribution in [0.1, 0.15) is 17.2 Å². The molecule has 0 bridgehead atoms. The normalized spacial score (nSPS) is 12.1. The van der Waals surface area contributed by atoms with Crippen molar-refractivity contribution in [3.63, 3.8) is 0 Å². The minimum Gasteiger partial charge on any atom is -0.495 e. The number of ether oxygens (including phenoxy) is 1. The number of pyridine rings is 2. The Hall–Kier alpha value is -1.94. The fraction of sp³-hybridized carbons (Fsp3) is 0.286. The van der Waals surface area contributed by atoms with E-state index in [9.17, 15) is 0 Å². The molecule has 1 atom stereocenters. The zero-order valence-electron chi connectivity index (χ0n) is 10.6. The van der Waals surface area contributed by atoms with Crippen molar-refractivity contribution in [2.45, 2.75) is 12.5 Å². The van der Waals surface area contributed by atoms with Gasteiger partial charge in [-0.25, -0.2) is 0 Å². The molecule has 0 aliphatic heterocycles. The zero-order valence-corrected chi connectivity index (χ0v) is 10.6. The van der Waals surface area contributed by atoms with E-state index in [-0.39, 0.29) is 6.04 Å². The molecule has 4 nitrogen and oxygen atoms in total. The summed E-state index contributed by atoms with van der Waals surface area (Å²) in [5, 5.41) is 3.31. The van der Waals surface area contributed by atoms with Crippen LogP contribution < -0.4 is 10.1 Å². The van der Waals surface area contributed by atoms with Crippen molar-refractivity contribution in [1.29, 1.82) is 0 Å². The molecule has 2 heterocycles. The highest BCUT2D eigenvalue weighted by Crippen LogP contribution is 2.25. The van der Waals surface area contributed by atoms with Gasteiger partial charge in [0.2, 0.25) is 0 Å². The van der Waals surface area contributed by atoms with E-state index >= 15 is 0 Å². The number of nitrogens with one attached hydrogen (secondary N) is 1. The van der Waals surface area contributed by atoms with Crippen LogP contribution >= 0.6 is 0 Å². The molecule has 1 N–H and O–H groups in total. The van der Waals surface area contributed by atoms with Crippen LogP contribution in [0.3, 0.4) is 0 Å². The number of hydrogen-bond acceptors (Lipinski definition) is 4. The second-order valence-corrected chi connectivity index (χ2v) is 4.02. The van der Waals surface area contributed by atoms with Crippen LogP contribution in [-0.4, -0.2) is 24.1 Å². The third-order valence-corrected chi connectivity index (χ3v) is 2.92. The molecule has 0 amide bonds. The Kier molecular flexibility index (Phi) is 4.25. The fourth-order valence-electron chi connectivity index (χ4n) is 1.97. The molecule has 2 aromatic heterocycles. The number of likely N-dealkylation sites (N-methyl/N-ethyl adjacent to an activating group) is 1. The summed E-state index contributed by atoms with van der Waals surface area (Å²) in [6.45, 7) is 0. The highest BCUT2D eigenvalue weighted by Gasteiger charge is 2.14. The number of aromatic nitrogens is 2. The summed E-state index contributed by atoms with van der Waals surface area (Å²) in [5.74, 6) is 0.806. The third kappa shape index (κ3) is 2.84. The maximum Gasteiger partial charge on any atom is 0.141 e. The van der Waals surface area contributed by atoms with Gasteiger partial charge in [0.15, 0.2) is 0 Å². The first-order chi connectivity index (χ1) is 8.85. The minimum absolute atomic E-state index is 0.187. The van der Waals surface area contributed by atoms with E-state index in [1.54, 1.807) is 25.7 Å². The molecule has 0 radical (unpaired) electrons. The first kappa shape index (κ1) is 12.5. The highest BCUT2D eigenvalue weighted by molar-refractivity contribution is 5.34. The molecule has 0 aliphatic rings. The molecular weight excluding hydrogens is 226 g/mol. The SMILES string of the molecule is CNC(Cc1cccnc1)c1ccncc1OC. The number of methoxy groups -OCH3 is 1. The predicted octanol–water partition coefficient (Wildman–Crippen LogP) is 1.99. The van der Waals surface area contributed by atoms with E-state index in [2.05, 4.69) is 21.4 Å². The van der Waals surface area contributed by atoms with Gasteiger partial charge in [0.05, 0.1) is 13.3 Å². The Balaban J connectivity index is 2.23. The Morgan fingerprint density at radius 1 is 1.22 bits per heavy atom. The van der Waals surface area contributed by atoms with Crippen molar-refractivity contribution < 1.29 is 4.74 Å². The standard InChI is InChI=1S/C14H17N3O/c1-15-13(8-11-4-3-6-16-9-11)12-5-7-17-10-14(12)18-2/h3-7,9-10,13,15H,8H2,1-2H3. The van der Waals surface area contributed by atoms with E-state index in [1.165, 1.54) is 5.56 Å². The summed E-state index contributed by atoms with van der Waals surface area (Å²) < 4.78 is 5.35. The van der Waals surface area contributed by atoms with Gasteiger partial charge in [-0.05, 0) is 31.2 Å². The lowest BCUT2D eigenvalue weighted by Gasteiger charge is -2.18. The monoisotopic (exact) mass is 243 g/mol. The van der Waals surface area contributed by atoms with Gasteiger partial charge in [0, 0.05) is 30.2 Å². The van der Waals surface area contributed by atoms with Crippen molar-refractivity contribution in [2.75, 3.05) is 14.2 Å². The minimum atomic E-state index is 0.187. The van der Waals surface area contributed by atoms with E-state index in [0.29, 0.717) is 0 Å². The smallest absolute Gasteiger partial charge is 0.141 e. The average Bonchev–Trinajstić information content (AvgIpc) is 2.46. The largest absolute Gasteiger partial charge is 0.495 e. The lowest BCUT2D eigenvalue weighted by Crippen LogP contribution is -2.19. The van der Waals surface area contributed by atoms with Crippen molar-refractivity contribution in [3.05, 3.63) is 54.1 Å². The number of nitrogens with zero attached hydrogens (tertiary/aromatic N) is 2. The summed E-state index contributed by atoms with van der Waals surface area (Å²) in [7, 11) is 3.61. The zero-order chi connectivity index (χ0) is 12.8. The number of hydrogen-bond donors (Lipinski definition) is 1. The summed E-state index contributed by atoms with van der Waals surface area (Å²) in [6.07, 6.45) is 8.06. The maximum atomic E-state index is 5.35. The Morgan fingerprint density at radius 2 is 2.06 bits per heavy atom. The Morgan fingerprint density at radius 3 is 2.72 bits per heavy atom. The van der Waals surface area contributed by atoms with Gasteiger partial charge >= 0.3 is 0 Å². The van der Waals surface area contributed by atoms with E-state index in [4.69, 9.17) is 4.74 Å². The van der Waals surface area contributed by atoms with Crippen LogP contribution in [0.25, 0.3) is 0 Å². The first-order valence-electron chi connectivity index (χ1n) is 5.89. The fourth-order valence-corrected chi connectivity index (χ4v) is 1.97. The van der Waals surface area contributed by atoms with Crippen molar-refractivity contribution in [1.82, 2.24) is 15.3 Å². The van der Waals surface area contributed by atoms with Crippen LogP contribution in [0.5, 0.6) is 5.75 Å². The average molecular weight is 243 g/mol. The van der Waals surface area contributed by atoms with Gasteiger partial charge in [0.25, 0.3) is 0 Å². The van der Waals surface area contributed by atoms with E-state index < -0.39 is 0 Å². The van der Waals surface area contributed by atoms with Crippen LogP contribution in [0, 0.1) is 0 Å². The summed E-state index contributed by atoms with van der Waals surface area (Å²) in [6, 6.07) is 6.19. The quantitative estimate of drug-likeness (QED) is 0.872. The van der Waals surface area contributed by atoms with E-state index in [0.717, 1.165) is 17.7 Å². The molecule has 0 fully saturated rings. The topological polar surface area (TPSA) is 47.0 Å². The molecule has 0 saturated carbocycles. The molecule has 18 heavy (non-hydrogen) atoms. The molecule has 0 spiro atoms.